The van der Waals surface area contributed by atoms with Gasteiger partial charge < -0.3 is 19.7 Å². The van der Waals surface area contributed by atoms with Gasteiger partial charge in [-0.3, -0.25) is 9.69 Å². The SMILES string of the molecule is CC(C)C1N(C(=O)c2cc(CN3CCOCC3)ccc2F)C=C(C(=O)O)c2[nH]c3ccccc3c2C1(C)C. The van der Waals surface area contributed by atoms with Crippen molar-refractivity contribution in [3.05, 3.63) is 76.9 Å². The van der Waals surface area contributed by atoms with E-state index in [-0.39, 0.29) is 17.1 Å². The predicted octanol–water partition coefficient (Wildman–Crippen LogP) is 5.02. The number of hydrogen-bond donors (Lipinski definition) is 2. The zero-order valence-electron chi connectivity index (χ0n) is 22.3. The van der Waals surface area contributed by atoms with E-state index in [0.717, 1.165) is 35.1 Å². The maximum atomic E-state index is 15.2. The molecule has 1 atom stereocenters. The first-order valence-electron chi connectivity index (χ1n) is 13.1. The van der Waals surface area contributed by atoms with Crippen LogP contribution in [0.1, 0.15) is 54.9 Å². The molecule has 1 fully saturated rings. The maximum absolute atomic E-state index is 15.2. The number of morpholine rings is 1. The van der Waals surface area contributed by atoms with E-state index < -0.39 is 29.2 Å². The molecule has 2 aromatic carbocycles. The van der Waals surface area contributed by atoms with Crippen LogP contribution in [0.25, 0.3) is 16.5 Å². The normalized spacial score (nSPS) is 19.8. The first kappa shape index (κ1) is 26.1. The third-order valence-corrected chi connectivity index (χ3v) is 7.79. The zero-order chi connectivity index (χ0) is 27.2. The quantitative estimate of drug-likeness (QED) is 0.494. The van der Waals surface area contributed by atoms with Crippen molar-refractivity contribution in [2.75, 3.05) is 26.3 Å². The highest BCUT2D eigenvalue weighted by Gasteiger charge is 2.46. The van der Waals surface area contributed by atoms with Gasteiger partial charge in [-0.2, -0.15) is 0 Å². The number of halogens is 1. The van der Waals surface area contributed by atoms with Crippen LogP contribution in [0, 0.1) is 11.7 Å². The number of carboxylic acid groups (broad SMARTS) is 1. The number of fused-ring (bicyclic) bond motifs is 3. The van der Waals surface area contributed by atoms with Crippen molar-refractivity contribution in [2.24, 2.45) is 5.92 Å². The van der Waals surface area contributed by atoms with Crippen LogP contribution in [0.15, 0.2) is 48.7 Å². The standard InChI is InChI=1S/C30H34FN3O4/c1-18(2)27-30(3,4)25-20-7-5-6-8-24(20)32-26(25)22(29(36)37)17-34(27)28(35)21-15-19(9-10-23(21)31)16-33-11-13-38-14-12-33/h5-10,15,17-18,27,32H,11-14,16H2,1-4H3,(H,36,37). The fourth-order valence-electron chi connectivity index (χ4n) is 6.29. The van der Waals surface area contributed by atoms with E-state index in [1.54, 1.807) is 12.1 Å². The highest BCUT2D eigenvalue weighted by Crippen LogP contribution is 2.45. The summed E-state index contributed by atoms with van der Waals surface area (Å²) in [6.45, 7) is 11.5. The second kappa shape index (κ2) is 10.0. The summed E-state index contributed by atoms with van der Waals surface area (Å²) in [4.78, 5) is 33.6. The number of para-hydroxylation sites is 1. The Morgan fingerprint density at radius 1 is 1.16 bits per heavy atom. The van der Waals surface area contributed by atoms with Crippen LogP contribution in [0.5, 0.6) is 0 Å². The molecule has 3 heterocycles. The summed E-state index contributed by atoms with van der Waals surface area (Å²) < 4.78 is 20.6. The van der Waals surface area contributed by atoms with E-state index >= 15 is 4.39 Å². The average molecular weight is 520 g/mol. The van der Waals surface area contributed by atoms with Crippen molar-refractivity contribution in [3.63, 3.8) is 0 Å². The fourth-order valence-corrected chi connectivity index (χ4v) is 6.29. The van der Waals surface area contributed by atoms with Crippen LogP contribution in [0.3, 0.4) is 0 Å². The van der Waals surface area contributed by atoms with Gasteiger partial charge in [-0.25, -0.2) is 9.18 Å². The van der Waals surface area contributed by atoms with E-state index in [2.05, 4.69) is 9.88 Å². The Balaban J connectivity index is 1.63. The van der Waals surface area contributed by atoms with Gasteiger partial charge in [0.05, 0.1) is 30.0 Å². The number of H-pyrrole nitrogens is 1. The number of aliphatic carboxylic acids is 1. The molecule has 3 aromatic rings. The molecule has 2 aliphatic heterocycles. The first-order valence-corrected chi connectivity index (χ1v) is 13.1. The number of nitrogens with one attached hydrogen (secondary N) is 1. The Hall–Kier alpha value is -3.49. The Morgan fingerprint density at radius 3 is 2.55 bits per heavy atom. The third-order valence-electron chi connectivity index (χ3n) is 7.79. The molecule has 1 unspecified atom stereocenters. The van der Waals surface area contributed by atoms with Crippen LogP contribution in [-0.4, -0.2) is 64.1 Å². The summed E-state index contributed by atoms with van der Waals surface area (Å²) in [6, 6.07) is 11.9. The number of carbonyl (C=O) groups excluding carboxylic acids is 1. The van der Waals surface area contributed by atoms with Gasteiger partial charge in [-0.05, 0) is 35.2 Å². The average Bonchev–Trinajstić information content (AvgIpc) is 3.22. The van der Waals surface area contributed by atoms with Crippen LogP contribution in [-0.2, 0) is 21.5 Å². The Labute approximate surface area is 221 Å². The number of ether oxygens (including phenoxy) is 1. The van der Waals surface area contributed by atoms with Gasteiger partial charge in [0.15, 0.2) is 0 Å². The molecular weight excluding hydrogens is 485 g/mol. The highest BCUT2D eigenvalue weighted by atomic mass is 19.1. The topological polar surface area (TPSA) is 85.9 Å². The number of amides is 1. The molecule has 7 nitrogen and oxygen atoms in total. The fraction of sp³-hybridized carbons (Fsp3) is 0.400. The lowest BCUT2D eigenvalue weighted by Gasteiger charge is -2.42. The van der Waals surface area contributed by atoms with Crippen molar-refractivity contribution >= 4 is 28.4 Å². The van der Waals surface area contributed by atoms with Gasteiger partial charge in [0.1, 0.15) is 5.82 Å². The van der Waals surface area contributed by atoms with E-state index in [1.165, 1.54) is 17.2 Å². The molecule has 5 rings (SSSR count). The Morgan fingerprint density at radius 2 is 1.87 bits per heavy atom. The molecular formula is C30H34FN3O4. The van der Waals surface area contributed by atoms with Gasteiger partial charge in [0, 0.05) is 48.2 Å². The molecule has 0 aliphatic carbocycles. The minimum Gasteiger partial charge on any atom is -0.478 e. The van der Waals surface area contributed by atoms with E-state index in [0.29, 0.717) is 25.5 Å². The van der Waals surface area contributed by atoms with Gasteiger partial charge >= 0.3 is 5.97 Å². The first-order chi connectivity index (χ1) is 18.1. The molecule has 38 heavy (non-hydrogen) atoms. The van der Waals surface area contributed by atoms with Crippen molar-refractivity contribution in [3.8, 4) is 0 Å². The zero-order valence-corrected chi connectivity index (χ0v) is 22.3. The molecule has 1 amide bonds. The number of aromatic nitrogens is 1. The smallest absolute Gasteiger partial charge is 0.339 e. The summed E-state index contributed by atoms with van der Waals surface area (Å²) in [7, 11) is 0. The number of carboxylic acids is 1. The summed E-state index contributed by atoms with van der Waals surface area (Å²) in [5, 5.41) is 11.2. The third kappa shape index (κ3) is 4.52. The maximum Gasteiger partial charge on any atom is 0.339 e. The molecule has 0 bridgehead atoms. The number of hydrogen-bond acceptors (Lipinski definition) is 4. The van der Waals surface area contributed by atoms with Crippen molar-refractivity contribution in [2.45, 2.75) is 45.7 Å². The Kier molecular flexibility index (Phi) is 6.88. The summed E-state index contributed by atoms with van der Waals surface area (Å²) in [5.41, 5.74) is 2.24. The number of aromatic amines is 1. The lowest BCUT2D eigenvalue weighted by atomic mass is 9.71. The monoisotopic (exact) mass is 519 g/mol. The van der Waals surface area contributed by atoms with E-state index in [4.69, 9.17) is 4.74 Å². The lowest BCUT2D eigenvalue weighted by Crippen LogP contribution is -2.50. The molecule has 1 aromatic heterocycles. The van der Waals surface area contributed by atoms with Crippen LogP contribution in [0.4, 0.5) is 4.39 Å². The lowest BCUT2D eigenvalue weighted by molar-refractivity contribution is -0.130. The largest absolute Gasteiger partial charge is 0.478 e. The molecule has 8 heteroatoms. The molecule has 0 saturated carbocycles. The van der Waals surface area contributed by atoms with Crippen LogP contribution in [0.2, 0.25) is 0 Å². The van der Waals surface area contributed by atoms with Crippen LogP contribution >= 0.6 is 0 Å². The second-order valence-corrected chi connectivity index (χ2v) is 11.1. The molecule has 2 aliphatic rings. The molecule has 1 saturated heterocycles. The minimum absolute atomic E-state index is 0.0225. The summed E-state index contributed by atoms with van der Waals surface area (Å²) in [5.74, 6) is -2.39. The van der Waals surface area contributed by atoms with E-state index in [1.807, 2.05) is 52.0 Å². The molecule has 200 valence electrons. The van der Waals surface area contributed by atoms with Crippen molar-refractivity contribution < 1.29 is 23.8 Å². The molecule has 0 spiro atoms. The predicted molar refractivity (Wildman–Crippen MR) is 144 cm³/mol. The second-order valence-electron chi connectivity index (χ2n) is 11.1. The van der Waals surface area contributed by atoms with Gasteiger partial charge in [0.25, 0.3) is 5.91 Å². The number of rotatable bonds is 5. The number of carbonyl (C=O) groups is 2. The highest BCUT2D eigenvalue weighted by molar-refractivity contribution is 6.17. The Bertz CT molecular complexity index is 1420. The van der Waals surface area contributed by atoms with Gasteiger partial charge in [0.2, 0.25) is 0 Å². The molecule has 2 N–H and O–H groups in total. The molecule has 0 radical (unpaired) electrons. The summed E-state index contributed by atoms with van der Waals surface area (Å²) in [6.07, 6.45) is 1.40. The summed E-state index contributed by atoms with van der Waals surface area (Å²) >= 11 is 0. The van der Waals surface area contributed by atoms with Crippen LogP contribution < -0.4 is 0 Å². The van der Waals surface area contributed by atoms with Crippen molar-refractivity contribution in [1.29, 1.82) is 0 Å². The minimum atomic E-state index is -1.16. The van der Waals surface area contributed by atoms with Gasteiger partial charge in [-0.1, -0.05) is 52.0 Å². The number of nitrogens with zero attached hydrogens (tertiary/aromatic N) is 2. The van der Waals surface area contributed by atoms with E-state index in [9.17, 15) is 14.7 Å². The van der Waals surface area contributed by atoms with Crippen molar-refractivity contribution in [1.82, 2.24) is 14.8 Å². The number of benzene rings is 2. The van der Waals surface area contributed by atoms with Gasteiger partial charge in [-0.15, -0.1) is 0 Å².